The van der Waals surface area contributed by atoms with Crippen molar-refractivity contribution in [3.05, 3.63) is 70.5 Å². The third-order valence-corrected chi connectivity index (χ3v) is 4.66. The molecule has 24 heavy (non-hydrogen) atoms. The highest BCUT2D eigenvalue weighted by molar-refractivity contribution is 6.30. The van der Waals surface area contributed by atoms with Crippen LogP contribution in [-0.2, 0) is 6.42 Å². The summed E-state index contributed by atoms with van der Waals surface area (Å²) < 4.78 is 13.6. The highest BCUT2D eigenvalue weighted by atomic mass is 35.5. The van der Waals surface area contributed by atoms with Crippen LogP contribution in [0.3, 0.4) is 0 Å². The Bertz CT molecular complexity index is 697. The number of hydrogen-bond donors (Lipinski definition) is 0. The Balaban J connectivity index is 1.49. The maximum atomic E-state index is 13.6. The number of hydrogen-bond acceptors (Lipinski definition) is 2. The van der Waals surface area contributed by atoms with Crippen molar-refractivity contribution in [2.24, 2.45) is 0 Å². The molecule has 0 bridgehead atoms. The Hall–Kier alpha value is -1.91. The number of halogens is 2. The van der Waals surface area contributed by atoms with Crippen LogP contribution in [0.1, 0.15) is 15.9 Å². The molecule has 2 aromatic carbocycles. The zero-order valence-electron chi connectivity index (χ0n) is 13.4. The number of carbonyl (C=O) groups is 1. The summed E-state index contributed by atoms with van der Waals surface area (Å²) >= 11 is 5.86. The molecule has 1 aliphatic heterocycles. The van der Waals surface area contributed by atoms with Crippen LogP contribution in [0.25, 0.3) is 0 Å². The quantitative estimate of drug-likeness (QED) is 0.846. The molecule has 1 heterocycles. The number of nitrogens with zero attached hydrogens (tertiary/aromatic N) is 2. The van der Waals surface area contributed by atoms with Crippen LogP contribution in [0.5, 0.6) is 0 Å². The van der Waals surface area contributed by atoms with E-state index < -0.39 is 0 Å². The van der Waals surface area contributed by atoms with Gasteiger partial charge in [0.15, 0.2) is 0 Å². The van der Waals surface area contributed by atoms with Gasteiger partial charge in [0.2, 0.25) is 0 Å². The van der Waals surface area contributed by atoms with Crippen LogP contribution < -0.4 is 0 Å². The fourth-order valence-corrected chi connectivity index (χ4v) is 3.06. The average Bonchev–Trinajstić information content (AvgIpc) is 2.62. The lowest BCUT2D eigenvalue weighted by Gasteiger charge is -2.34. The molecule has 0 N–H and O–H groups in total. The summed E-state index contributed by atoms with van der Waals surface area (Å²) in [6.45, 7) is 3.82. The molecule has 1 aliphatic rings. The van der Waals surface area contributed by atoms with Gasteiger partial charge in [-0.2, -0.15) is 0 Å². The highest BCUT2D eigenvalue weighted by Gasteiger charge is 2.22. The molecule has 1 saturated heterocycles. The van der Waals surface area contributed by atoms with Crippen LogP contribution in [0.2, 0.25) is 5.02 Å². The number of amides is 1. The van der Waals surface area contributed by atoms with Gasteiger partial charge in [-0.05, 0) is 42.3 Å². The molecule has 0 atom stereocenters. The number of benzene rings is 2. The average molecular weight is 347 g/mol. The second kappa shape index (κ2) is 7.77. The van der Waals surface area contributed by atoms with Gasteiger partial charge in [0.05, 0.1) is 0 Å². The zero-order valence-corrected chi connectivity index (χ0v) is 14.2. The minimum absolute atomic E-state index is 0.0421. The van der Waals surface area contributed by atoms with Gasteiger partial charge >= 0.3 is 0 Å². The van der Waals surface area contributed by atoms with Crippen molar-refractivity contribution in [2.75, 3.05) is 32.7 Å². The molecule has 0 radical (unpaired) electrons. The zero-order chi connectivity index (χ0) is 16.9. The predicted octanol–water partition coefficient (Wildman–Crippen LogP) is 3.48. The molecule has 0 spiro atoms. The largest absolute Gasteiger partial charge is 0.336 e. The molecule has 0 aliphatic carbocycles. The molecule has 126 valence electrons. The van der Waals surface area contributed by atoms with E-state index in [1.807, 2.05) is 17.0 Å². The summed E-state index contributed by atoms with van der Waals surface area (Å²) in [7, 11) is 0. The second-order valence-corrected chi connectivity index (χ2v) is 6.42. The van der Waals surface area contributed by atoms with Crippen LogP contribution >= 0.6 is 11.6 Å². The van der Waals surface area contributed by atoms with E-state index in [2.05, 4.69) is 4.90 Å². The second-order valence-electron chi connectivity index (χ2n) is 5.98. The van der Waals surface area contributed by atoms with Gasteiger partial charge in [-0.3, -0.25) is 9.69 Å². The number of rotatable bonds is 4. The van der Waals surface area contributed by atoms with Crippen LogP contribution in [0.15, 0.2) is 48.5 Å². The first-order valence-electron chi connectivity index (χ1n) is 8.14. The smallest absolute Gasteiger partial charge is 0.253 e. The van der Waals surface area contributed by atoms with E-state index in [1.165, 1.54) is 6.07 Å². The van der Waals surface area contributed by atoms with Gasteiger partial charge in [0.25, 0.3) is 5.91 Å². The van der Waals surface area contributed by atoms with Crippen molar-refractivity contribution in [3.8, 4) is 0 Å². The fourth-order valence-electron chi connectivity index (χ4n) is 2.93. The minimum atomic E-state index is -0.144. The fraction of sp³-hybridized carbons (Fsp3) is 0.316. The molecular weight excluding hydrogens is 327 g/mol. The van der Waals surface area contributed by atoms with Crippen LogP contribution in [0.4, 0.5) is 4.39 Å². The first-order chi connectivity index (χ1) is 11.6. The Labute approximate surface area is 146 Å². The van der Waals surface area contributed by atoms with E-state index in [4.69, 9.17) is 11.6 Å². The highest BCUT2D eigenvalue weighted by Crippen LogP contribution is 2.14. The van der Waals surface area contributed by atoms with Gasteiger partial charge in [-0.1, -0.05) is 29.8 Å². The van der Waals surface area contributed by atoms with E-state index in [-0.39, 0.29) is 11.7 Å². The molecule has 1 amide bonds. The van der Waals surface area contributed by atoms with E-state index in [0.29, 0.717) is 30.1 Å². The Morgan fingerprint density at radius 2 is 1.67 bits per heavy atom. The molecule has 1 fully saturated rings. The van der Waals surface area contributed by atoms with Gasteiger partial charge in [-0.15, -0.1) is 0 Å². The van der Waals surface area contributed by atoms with Crippen molar-refractivity contribution >= 4 is 17.5 Å². The third kappa shape index (κ3) is 4.13. The van der Waals surface area contributed by atoms with Gasteiger partial charge in [-0.25, -0.2) is 4.39 Å². The topological polar surface area (TPSA) is 23.6 Å². The monoisotopic (exact) mass is 346 g/mol. The van der Waals surface area contributed by atoms with Crippen molar-refractivity contribution in [3.63, 3.8) is 0 Å². The SMILES string of the molecule is O=C(c1ccc(Cl)cc1)N1CCN(CCc2ccccc2F)CC1. The summed E-state index contributed by atoms with van der Waals surface area (Å²) in [4.78, 5) is 16.6. The van der Waals surface area contributed by atoms with E-state index >= 15 is 0 Å². The standard InChI is InChI=1S/C19H20ClFN2O/c20-17-7-5-16(6-8-17)19(24)23-13-11-22(12-14-23)10-9-15-3-1-2-4-18(15)21/h1-8H,9-14H2. The minimum Gasteiger partial charge on any atom is -0.336 e. The first-order valence-corrected chi connectivity index (χ1v) is 8.52. The number of carbonyl (C=O) groups excluding carboxylic acids is 1. The molecular formula is C19H20ClFN2O. The Kier molecular flexibility index (Phi) is 5.48. The molecule has 0 unspecified atom stereocenters. The number of piperazine rings is 1. The van der Waals surface area contributed by atoms with Crippen molar-refractivity contribution < 1.29 is 9.18 Å². The van der Waals surface area contributed by atoms with E-state index in [9.17, 15) is 9.18 Å². The van der Waals surface area contributed by atoms with Gasteiger partial charge < -0.3 is 4.90 Å². The normalized spacial score (nSPS) is 15.5. The third-order valence-electron chi connectivity index (χ3n) is 4.41. The van der Waals surface area contributed by atoms with Crippen molar-refractivity contribution in [1.82, 2.24) is 9.80 Å². The summed E-state index contributed by atoms with van der Waals surface area (Å²) in [6.07, 6.45) is 0.692. The lowest BCUT2D eigenvalue weighted by atomic mass is 10.1. The molecule has 0 saturated carbocycles. The predicted molar refractivity (Wildman–Crippen MR) is 93.9 cm³/mol. The molecule has 0 aromatic heterocycles. The van der Waals surface area contributed by atoms with Gasteiger partial charge in [0.1, 0.15) is 5.82 Å². The van der Waals surface area contributed by atoms with Crippen LogP contribution in [-0.4, -0.2) is 48.4 Å². The summed E-state index contributed by atoms with van der Waals surface area (Å²) in [6, 6.07) is 13.9. The maximum Gasteiger partial charge on any atom is 0.253 e. The van der Waals surface area contributed by atoms with E-state index in [0.717, 1.165) is 25.2 Å². The molecule has 3 nitrogen and oxygen atoms in total. The first kappa shape index (κ1) is 16.9. The van der Waals surface area contributed by atoms with Crippen molar-refractivity contribution in [1.29, 1.82) is 0 Å². The van der Waals surface area contributed by atoms with E-state index in [1.54, 1.807) is 30.3 Å². The Morgan fingerprint density at radius 1 is 1.00 bits per heavy atom. The molecule has 3 rings (SSSR count). The summed E-state index contributed by atoms with van der Waals surface area (Å²) in [5.41, 5.74) is 1.41. The summed E-state index contributed by atoms with van der Waals surface area (Å²) in [5, 5.41) is 0.629. The maximum absolute atomic E-state index is 13.6. The lowest BCUT2D eigenvalue weighted by molar-refractivity contribution is 0.0638. The lowest BCUT2D eigenvalue weighted by Crippen LogP contribution is -2.49. The Morgan fingerprint density at radius 3 is 2.33 bits per heavy atom. The van der Waals surface area contributed by atoms with Gasteiger partial charge in [0, 0.05) is 43.3 Å². The summed E-state index contributed by atoms with van der Waals surface area (Å²) in [5.74, 6) is -0.102. The molecule has 5 heteroatoms. The van der Waals surface area contributed by atoms with Crippen molar-refractivity contribution in [2.45, 2.75) is 6.42 Å². The molecule has 2 aromatic rings. The van der Waals surface area contributed by atoms with Crippen LogP contribution in [0, 0.1) is 5.82 Å².